The van der Waals surface area contributed by atoms with E-state index in [4.69, 9.17) is 0 Å². The standard InChI is InChI=1S/C15H13NO2.C12H11NO2.C8H9NO2/c1-2-10-7-8-12-11-5-3-4-6-13(11)15(16(17)18)14(12)9-10;1-2-9-3-4-11-8-12(13(14)15)6-5-10(11)7-9;1-2-7-3-5-8(6-4-7)9(10)11/h3-9,15H,2H2,1H3;3-8H,2H2,1H3;3-6H,2H2,1H3. The summed E-state index contributed by atoms with van der Waals surface area (Å²) >= 11 is 0. The fourth-order valence-corrected chi connectivity index (χ4v) is 5.15. The predicted molar refractivity (Wildman–Crippen MR) is 173 cm³/mol. The van der Waals surface area contributed by atoms with Crippen molar-refractivity contribution >= 4 is 22.1 Å². The van der Waals surface area contributed by atoms with E-state index in [1.54, 1.807) is 30.3 Å². The van der Waals surface area contributed by atoms with Crippen molar-refractivity contribution in [2.75, 3.05) is 0 Å². The number of hydrogen-bond donors (Lipinski definition) is 0. The molecule has 0 bridgehead atoms. The van der Waals surface area contributed by atoms with Gasteiger partial charge in [0.2, 0.25) is 0 Å². The van der Waals surface area contributed by atoms with E-state index in [2.05, 4.69) is 26.0 Å². The molecule has 0 radical (unpaired) electrons. The lowest BCUT2D eigenvalue weighted by molar-refractivity contribution is -0.516. The molecule has 0 aliphatic heterocycles. The van der Waals surface area contributed by atoms with Crippen LogP contribution >= 0.6 is 0 Å². The number of non-ortho nitro benzene ring substituents is 2. The minimum atomic E-state index is -0.706. The third-order valence-electron chi connectivity index (χ3n) is 7.64. The summed E-state index contributed by atoms with van der Waals surface area (Å²) in [4.78, 5) is 31.2. The first-order valence-corrected chi connectivity index (χ1v) is 14.4. The Labute approximate surface area is 255 Å². The smallest absolute Gasteiger partial charge is 0.264 e. The molecule has 0 N–H and O–H groups in total. The van der Waals surface area contributed by atoms with Crippen molar-refractivity contribution in [1.82, 2.24) is 0 Å². The van der Waals surface area contributed by atoms with Crippen molar-refractivity contribution in [1.29, 1.82) is 0 Å². The summed E-state index contributed by atoms with van der Waals surface area (Å²) in [6.45, 7) is 6.17. The summed E-state index contributed by atoms with van der Waals surface area (Å²) in [6, 6.07) is 30.5. The maximum atomic E-state index is 11.3. The van der Waals surface area contributed by atoms with Gasteiger partial charge in [-0.2, -0.15) is 0 Å². The van der Waals surface area contributed by atoms with Gasteiger partial charge in [0.25, 0.3) is 17.4 Å². The third-order valence-corrected chi connectivity index (χ3v) is 7.64. The summed E-state index contributed by atoms with van der Waals surface area (Å²) in [5.41, 5.74) is 7.46. The lowest BCUT2D eigenvalue weighted by Gasteiger charge is -2.06. The van der Waals surface area contributed by atoms with Crippen LogP contribution in [0.5, 0.6) is 0 Å². The summed E-state index contributed by atoms with van der Waals surface area (Å²) < 4.78 is 0. The van der Waals surface area contributed by atoms with E-state index in [9.17, 15) is 30.3 Å². The number of nitrogens with zero attached hydrogens (tertiary/aromatic N) is 3. The van der Waals surface area contributed by atoms with Gasteiger partial charge < -0.3 is 0 Å². The first-order valence-electron chi connectivity index (χ1n) is 14.4. The molecule has 1 atom stereocenters. The van der Waals surface area contributed by atoms with E-state index in [-0.39, 0.29) is 26.1 Å². The molecule has 44 heavy (non-hydrogen) atoms. The molecule has 0 saturated heterocycles. The van der Waals surface area contributed by atoms with E-state index in [1.165, 1.54) is 17.7 Å². The number of nitro groups is 3. The van der Waals surface area contributed by atoms with Crippen LogP contribution in [0.25, 0.3) is 21.9 Å². The number of aryl methyl sites for hydroxylation is 3. The molecule has 0 amide bonds. The molecule has 0 saturated carbocycles. The maximum absolute atomic E-state index is 11.3. The first kappa shape index (κ1) is 31.5. The molecular formula is C35H33N3O6. The molecule has 1 aliphatic rings. The van der Waals surface area contributed by atoms with Crippen LogP contribution in [-0.2, 0) is 19.3 Å². The van der Waals surface area contributed by atoms with Gasteiger partial charge in [-0.25, -0.2) is 0 Å². The highest BCUT2D eigenvalue weighted by atomic mass is 16.6. The van der Waals surface area contributed by atoms with Crippen LogP contribution in [0.1, 0.15) is 54.6 Å². The van der Waals surface area contributed by atoms with E-state index in [0.29, 0.717) is 0 Å². The second kappa shape index (κ2) is 14.2. The van der Waals surface area contributed by atoms with Gasteiger partial charge in [0.05, 0.1) is 9.85 Å². The third kappa shape index (κ3) is 7.12. The quantitative estimate of drug-likeness (QED) is 0.143. The largest absolute Gasteiger partial charge is 0.270 e. The molecule has 1 aliphatic carbocycles. The monoisotopic (exact) mass is 591 g/mol. The molecule has 9 heteroatoms. The highest BCUT2D eigenvalue weighted by Crippen LogP contribution is 2.45. The van der Waals surface area contributed by atoms with E-state index >= 15 is 0 Å². The van der Waals surface area contributed by atoms with Crippen molar-refractivity contribution in [2.45, 2.75) is 46.1 Å². The van der Waals surface area contributed by atoms with E-state index in [0.717, 1.165) is 63.4 Å². The SMILES string of the molecule is CCc1ccc([N+](=O)[O-])cc1.CCc1ccc2c(c1)C([N+](=O)[O-])c1ccccc1-2.CCc1ccc2cc([N+](=O)[O-])ccc2c1. The number of fused-ring (bicyclic) bond motifs is 4. The molecule has 6 rings (SSSR count). The topological polar surface area (TPSA) is 129 Å². The normalized spacial score (nSPS) is 12.6. The zero-order chi connectivity index (χ0) is 31.8. The molecule has 1 unspecified atom stereocenters. The molecule has 9 nitrogen and oxygen atoms in total. The highest BCUT2D eigenvalue weighted by molar-refractivity contribution is 5.85. The van der Waals surface area contributed by atoms with Crippen molar-refractivity contribution < 1.29 is 14.8 Å². The summed E-state index contributed by atoms with van der Waals surface area (Å²) in [5.74, 6) is 0. The van der Waals surface area contributed by atoms with Gasteiger partial charge in [0, 0.05) is 40.3 Å². The molecule has 0 heterocycles. The van der Waals surface area contributed by atoms with Gasteiger partial charge in [-0.15, -0.1) is 0 Å². The van der Waals surface area contributed by atoms with Crippen molar-refractivity contribution in [3.8, 4) is 11.1 Å². The van der Waals surface area contributed by atoms with Crippen molar-refractivity contribution in [2.24, 2.45) is 0 Å². The Morgan fingerprint density at radius 2 is 1.02 bits per heavy atom. The van der Waals surface area contributed by atoms with Crippen LogP contribution in [0.3, 0.4) is 0 Å². The van der Waals surface area contributed by atoms with Crippen LogP contribution < -0.4 is 0 Å². The van der Waals surface area contributed by atoms with Crippen LogP contribution in [-0.4, -0.2) is 14.8 Å². The number of hydrogen-bond acceptors (Lipinski definition) is 6. The summed E-state index contributed by atoms with van der Waals surface area (Å²) in [5, 5.41) is 34.1. The first-order chi connectivity index (χ1) is 21.2. The van der Waals surface area contributed by atoms with Gasteiger partial charge in [-0.1, -0.05) is 87.5 Å². The highest BCUT2D eigenvalue weighted by Gasteiger charge is 2.36. The van der Waals surface area contributed by atoms with Crippen molar-refractivity contribution in [3.05, 3.63) is 161 Å². The lowest BCUT2D eigenvalue weighted by atomic mass is 10.0. The number of nitro benzene ring substituents is 2. The Bertz CT molecular complexity index is 1820. The zero-order valence-corrected chi connectivity index (χ0v) is 24.8. The maximum Gasteiger partial charge on any atom is 0.270 e. The second-order valence-electron chi connectivity index (χ2n) is 10.3. The molecule has 0 aromatic heterocycles. The van der Waals surface area contributed by atoms with Crippen LogP contribution in [0.15, 0.2) is 103 Å². The minimum absolute atomic E-state index is 0.145. The van der Waals surface area contributed by atoms with Gasteiger partial charge >= 0.3 is 0 Å². The summed E-state index contributed by atoms with van der Waals surface area (Å²) in [7, 11) is 0. The predicted octanol–water partition coefficient (Wildman–Crippen LogP) is 9.06. The average molecular weight is 592 g/mol. The van der Waals surface area contributed by atoms with Gasteiger partial charge in [-0.05, 0) is 70.0 Å². The summed E-state index contributed by atoms with van der Waals surface area (Å²) in [6.07, 6.45) is 2.79. The van der Waals surface area contributed by atoms with Gasteiger partial charge in [0.1, 0.15) is 0 Å². The zero-order valence-electron chi connectivity index (χ0n) is 24.8. The molecule has 0 fully saturated rings. The number of benzene rings is 5. The Morgan fingerprint density at radius 3 is 1.64 bits per heavy atom. The molecule has 0 spiro atoms. The molecule has 5 aromatic carbocycles. The lowest BCUT2D eigenvalue weighted by Crippen LogP contribution is -2.08. The van der Waals surface area contributed by atoms with Gasteiger partial charge in [0.15, 0.2) is 0 Å². The molecule has 224 valence electrons. The Morgan fingerprint density at radius 1 is 0.523 bits per heavy atom. The average Bonchev–Trinajstić information content (AvgIpc) is 3.38. The van der Waals surface area contributed by atoms with Crippen molar-refractivity contribution in [3.63, 3.8) is 0 Å². The Hall–Kier alpha value is -5.44. The number of rotatable bonds is 6. The fourth-order valence-electron chi connectivity index (χ4n) is 5.15. The van der Waals surface area contributed by atoms with Crippen LogP contribution in [0.2, 0.25) is 0 Å². The Kier molecular flexibility index (Phi) is 10.1. The second-order valence-corrected chi connectivity index (χ2v) is 10.3. The van der Waals surface area contributed by atoms with Crippen LogP contribution in [0.4, 0.5) is 11.4 Å². The fraction of sp³-hybridized carbons (Fsp3) is 0.200. The van der Waals surface area contributed by atoms with Crippen LogP contribution in [0, 0.1) is 30.3 Å². The van der Waals surface area contributed by atoms with Gasteiger partial charge in [-0.3, -0.25) is 30.3 Å². The van der Waals surface area contributed by atoms with E-state index < -0.39 is 6.04 Å². The van der Waals surface area contributed by atoms with E-state index in [1.807, 2.05) is 55.5 Å². The molecular weight excluding hydrogens is 558 g/mol. The Balaban J connectivity index is 0.000000156. The minimum Gasteiger partial charge on any atom is -0.264 e. The molecule has 5 aromatic rings.